The predicted molar refractivity (Wildman–Crippen MR) is 106 cm³/mol. The van der Waals surface area contributed by atoms with Crippen LogP contribution in [0, 0.1) is 0 Å². The molecule has 140 valence electrons. The highest BCUT2D eigenvalue weighted by Gasteiger charge is 2.32. The molecule has 0 bridgehead atoms. The Morgan fingerprint density at radius 2 is 1.81 bits per heavy atom. The standard InChI is InChI=1S/C19H25ClN4OS/c1-12-6-5-7-13(2)24(12)18(25)14(3)26-19-22-21-17(23(19)4)15-8-10-16(20)11-9-15/h8-14H,5-7H2,1-4H3/t12-,13-,14+/m0/s1. The fourth-order valence-corrected chi connectivity index (χ4v) is 4.54. The van der Waals surface area contributed by atoms with E-state index in [-0.39, 0.29) is 11.2 Å². The summed E-state index contributed by atoms with van der Waals surface area (Å²) in [6.07, 6.45) is 3.36. The first-order chi connectivity index (χ1) is 12.4. The molecular formula is C19H25ClN4OS. The Morgan fingerprint density at radius 1 is 1.19 bits per heavy atom. The van der Waals surface area contributed by atoms with Crippen LogP contribution in [0.3, 0.4) is 0 Å². The highest BCUT2D eigenvalue weighted by Crippen LogP contribution is 2.30. The number of carbonyl (C=O) groups is 1. The summed E-state index contributed by atoms with van der Waals surface area (Å²) in [6.45, 7) is 6.25. The topological polar surface area (TPSA) is 51.0 Å². The van der Waals surface area contributed by atoms with Crippen molar-refractivity contribution in [3.8, 4) is 11.4 Å². The number of nitrogens with zero attached hydrogens (tertiary/aromatic N) is 4. The third kappa shape index (κ3) is 3.91. The molecule has 5 nitrogen and oxygen atoms in total. The van der Waals surface area contributed by atoms with Gasteiger partial charge in [-0.3, -0.25) is 4.79 Å². The fraction of sp³-hybridized carbons (Fsp3) is 0.526. The molecule has 3 rings (SSSR count). The van der Waals surface area contributed by atoms with Gasteiger partial charge in [-0.1, -0.05) is 23.4 Å². The van der Waals surface area contributed by atoms with Crippen molar-refractivity contribution in [2.45, 2.75) is 62.5 Å². The number of thioether (sulfide) groups is 1. The Labute approximate surface area is 164 Å². The number of rotatable bonds is 4. The molecule has 0 spiro atoms. The molecule has 2 aromatic rings. The van der Waals surface area contributed by atoms with E-state index in [9.17, 15) is 4.79 Å². The number of aromatic nitrogens is 3. The lowest BCUT2D eigenvalue weighted by molar-refractivity contribution is -0.136. The van der Waals surface area contributed by atoms with Crippen LogP contribution in [0.25, 0.3) is 11.4 Å². The van der Waals surface area contributed by atoms with Gasteiger partial charge >= 0.3 is 0 Å². The van der Waals surface area contributed by atoms with Crippen LogP contribution in [0.1, 0.15) is 40.0 Å². The van der Waals surface area contributed by atoms with E-state index < -0.39 is 0 Å². The zero-order valence-electron chi connectivity index (χ0n) is 15.6. The van der Waals surface area contributed by atoms with E-state index in [2.05, 4.69) is 28.9 Å². The molecule has 0 radical (unpaired) electrons. The lowest BCUT2D eigenvalue weighted by Crippen LogP contribution is -2.50. The number of hydrogen-bond acceptors (Lipinski definition) is 4. The molecule has 1 amide bonds. The quantitative estimate of drug-likeness (QED) is 0.723. The van der Waals surface area contributed by atoms with Crippen LogP contribution in [0.15, 0.2) is 29.4 Å². The predicted octanol–water partition coefficient (Wildman–Crippen LogP) is 4.41. The number of hydrogen-bond donors (Lipinski definition) is 0. The van der Waals surface area contributed by atoms with E-state index in [0.717, 1.165) is 29.4 Å². The zero-order chi connectivity index (χ0) is 18.8. The van der Waals surface area contributed by atoms with Crippen molar-refractivity contribution in [3.63, 3.8) is 0 Å². The summed E-state index contributed by atoms with van der Waals surface area (Å²) in [4.78, 5) is 15.0. The summed E-state index contributed by atoms with van der Waals surface area (Å²) >= 11 is 7.42. The molecule has 0 N–H and O–H groups in total. The minimum atomic E-state index is -0.195. The summed E-state index contributed by atoms with van der Waals surface area (Å²) in [5.41, 5.74) is 0.952. The van der Waals surface area contributed by atoms with Gasteiger partial charge in [0.05, 0.1) is 5.25 Å². The number of piperidine rings is 1. The average molecular weight is 393 g/mol. The van der Waals surface area contributed by atoms with E-state index in [4.69, 9.17) is 11.6 Å². The highest BCUT2D eigenvalue weighted by atomic mass is 35.5. The Morgan fingerprint density at radius 3 is 2.42 bits per heavy atom. The van der Waals surface area contributed by atoms with Crippen molar-refractivity contribution < 1.29 is 4.79 Å². The van der Waals surface area contributed by atoms with Crippen LogP contribution >= 0.6 is 23.4 Å². The maximum absolute atomic E-state index is 13.0. The van der Waals surface area contributed by atoms with Gasteiger partial charge in [-0.2, -0.15) is 0 Å². The number of carbonyl (C=O) groups excluding carboxylic acids is 1. The van der Waals surface area contributed by atoms with Crippen molar-refractivity contribution in [1.29, 1.82) is 0 Å². The zero-order valence-corrected chi connectivity index (χ0v) is 17.2. The number of halogens is 1. The molecule has 26 heavy (non-hydrogen) atoms. The van der Waals surface area contributed by atoms with E-state index in [1.165, 1.54) is 18.2 Å². The smallest absolute Gasteiger partial charge is 0.236 e. The molecule has 0 unspecified atom stereocenters. The van der Waals surface area contributed by atoms with Crippen LogP contribution in [0.2, 0.25) is 5.02 Å². The van der Waals surface area contributed by atoms with Crippen molar-refractivity contribution in [1.82, 2.24) is 19.7 Å². The third-order valence-corrected chi connectivity index (χ3v) is 6.39. The molecule has 0 saturated carbocycles. The first-order valence-corrected chi connectivity index (χ1v) is 10.3. The molecular weight excluding hydrogens is 368 g/mol. The second-order valence-corrected chi connectivity index (χ2v) is 8.75. The summed E-state index contributed by atoms with van der Waals surface area (Å²) in [5, 5.41) is 9.82. The lowest BCUT2D eigenvalue weighted by Gasteiger charge is -2.40. The monoisotopic (exact) mass is 392 g/mol. The molecule has 1 fully saturated rings. The van der Waals surface area contributed by atoms with Crippen LogP contribution < -0.4 is 0 Å². The molecule has 1 aliphatic rings. The van der Waals surface area contributed by atoms with Gasteiger partial charge in [0.15, 0.2) is 11.0 Å². The van der Waals surface area contributed by atoms with Crippen molar-refractivity contribution in [2.24, 2.45) is 7.05 Å². The van der Waals surface area contributed by atoms with Gasteiger partial charge in [-0.15, -0.1) is 10.2 Å². The van der Waals surface area contributed by atoms with E-state index >= 15 is 0 Å². The first kappa shape index (κ1) is 19.2. The summed E-state index contributed by atoms with van der Waals surface area (Å²) in [7, 11) is 1.93. The Hall–Kier alpha value is -1.53. The number of amides is 1. The number of likely N-dealkylation sites (tertiary alicyclic amines) is 1. The molecule has 1 aromatic carbocycles. The maximum Gasteiger partial charge on any atom is 0.236 e. The first-order valence-electron chi connectivity index (χ1n) is 9.02. The lowest BCUT2D eigenvalue weighted by atomic mass is 9.97. The number of benzene rings is 1. The Bertz CT molecular complexity index is 766. The van der Waals surface area contributed by atoms with Crippen LogP contribution in [0.5, 0.6) is 0 Å². The molecule has 3 atom stereocenters. The normalized spacial score (nSPS) is 21.7. The molecule has 7 heteroatoms. The van der Waals surface area contributed by atoms with Gasteiger partial charge in [0.1, 0.15) is 0 Å². The SMILES string of the molecule is C[C@@H](Sc1nnc(-c2ccc(Cl)cc2)n1C)C(=O)N1[C@@H](C)CCC[C@@H]1C. The van der Waals surface area contributed by atoms with E-state index in [1.807, 2.05) is 42.8 Å². The minimum absolute atomic E-state index is 0.186. The maximum atomic E-state index is 13.0. The van der Waals surface area contributed by atoms with Crippen LogP contribution in [0.4, 0.5) is 0 Å². The fourth-order valence-electron chi connectivity index (χ4n) is 3.54. The average Bonchev–Trinajstić information content (AvgIpc) is 2.96. The molecule has 1 saturated heterocycles. The van der Waals surface area contributed by atoms with Gasteiger partial charge in [-0.05, 0) is 64.3 Å². The van der Waals surface area contributed by atoms with Gasteiger partial charge in [0.25, 0.3) is 0 Å². The van der Waals surface area contributed by atoms with Crippen LogP contribution in [-0.4, -0.2) is 42.9 Å². The Balaban J connectivity index is 1.74. The molecule has 2 heterocycles. The molecule has 1 aromatic heterocycles. The minimum Gasteiger partial charge on any atom is -0.336 e. The van der Waals surface area contributed by atoms with Gasteiger partial charge in [-0.25, -0.2) is 0 Å². The summed E-state index contributed by atoms with van der Waals surface area (Å²) in [6, 6.07) is 8.13. The second-order valence-electron chi connectivity index (χ2n) is 7.01. The summed E-state index contributed by atoms with van der Waals surface area (Å²) in [5.74, 6) is 0.953. The summed E-state index contributed by atoms with van der Waals surface area (Å²) < 4.78 is 1.93. The van der Waals surface area contributed by atoms with Gasteiger partial charge in [0.2, 0.25) is 5.91 Å². The molecule has 1 aliphatic heterocycles. The van der Waals surface area contributed by atoms with Crippen molar-refractivity contribution >= 4 is 29.3 Å². The Kier molecular flexibility index (Phi) is 5.92. The van der Waals surface area contributed by atoms with Gasteiger partial charge < -0.3 is 9.47 Å². The van der Waals surface area contributed by atoms with E-state index in [1.54, 1.807) is 0 Å². The van der Waals surface area contributed by atoms with Crippen molar-refractivity contribution in [2.75, 3.05) is 0 Å². The second kappa shape index (κ2) is 8.01. The molecule has 0 aliphatic carbocycles. The van der Waals surface area contributed by atoms with Crippen LogP contribution in [-0.2, 0) is 11.8 Å². The third-order valence-electron chi connectivity index (χ3n) is 5.02. The van der Waals surface area contributed by atoms with Crippen molar-refractivity contribution in [3.05, 3.63) is 29.3 Å². The highest BCUT2D eigenvalue weighted by molar-refractivity contribution is 8.00. The van der Waals surface area contributed by atoms with Gasteiger partial charge in [0, 0.05) is 29.7 Å². The largest absolute Gasteiger partial charge is 0.336 e. The van der Waals surface area contributed by atoms with E-state index in [0.29, 0.717) is 17.1 Å².